The van der Waals surface area contributed by atoms with Crippen LogP contribution < -0.4 is 5.32 Å². The van der Waals surface area contributed by atoms with Crippen LogP contribution in [0.3, 0.4) is 0 Å². The van der Waals surface area contributed by atoms with Crippen LogP contribution in [0, 0.1) is 0 Å². The number of anilines is 1. The number of carbonyl (C=O) groups excluding carboxylic acids is 1. The Kier molecular flexibility index (Phi) is 6.42. The Balaban J connectivity index is 1.42. The fraction of sp³-hybridized carbons (Fsp3) is 0.333. The van der Waals surface area contributed by atoms with E-state index in [-0.39, 0.29) is 5.91 Å². The van der Waals surface area contributed by atoms with Gasteiger partial charge < -0.3 is 5.32 Å². The van der Waals surface area contributed by atoms with Crippen LogP contribution in [-0.2, 0) is 11.3 Å². The summed E-state index contributed by atoms with van der Waals surface area (Å²) in [5, 5.41) is 3.61. The van der Waals surface area contributed by atoms with Crippen molar-refractivity contribution in [1.82, 2.24) is 14.8 Å². The zero-order valence-electron chi connectivity index (χ0n) is 13.8. The van der Waals surface area contributed by atoms with Crippen LogP contribution in [0.5, 0.6) is 0 Å². The molecule has 1 amide bonds. The molecule has 0 unspecified atom stereocenters. The number of hydrogen-bond donors (Lipinski definition) is 1. The topological polar surface area (TPSA) is 48.5 Å². The Morgan fingerprint density at radius 1 is 1.16 bits per heavy atom. The number of halogens is 2. The molecule has 1 aliphatic rings. The van der Waals surface area contributed by atoms with Crippen LogP contribution in [0.1, 0.15) is 5.56 Å². The number of benzene rings is 1. The molecule has 0 saturated carbocycles. The van der Waals surface area contributed by atoms with Crippen molar-refractivity contribution in [2.75, 3.05) is 38.0 Å². The predicted molar refractivity (Wildman–Crippen MR) is 104 cm³/mol. The van der Waals surface area contributed by atoms with Gasteiger partial charge in [0.25, 0.3) is 0 Å². The van der Waals surface area contributed by atoms with Gasteiger partial charge in [-0.25, -0.2) is 4.98 Å². The van der Waals surface area contributed by atoms with Gasteiger partial charge in [0.05, 0.1) is 6.54 Å². The summed E-state index contributed by atoms with van der Waals surface area (Å²) in [4.78, 5) is 20.9. The molecular weight excluding hydrogens is 404 g/mol. The molecular formula is C18H20BrClN4O. The molecule has 3 rings (SSSR count). The molecule has 0 aliphatic carbocycles. The van der Waals surface area contributed by atoms with Crippen molar-refractivity contribution in [3.8, 4) is 0 Å². The van der Waals surface area contributed by atoms with Crippen molar-refractivity contribution in [2.45, 2.75) is 6.54 Å². The smallest absolute Gasteiger partial charge is 0.239 e. The van der Waals surface area contributed by atoms with Crippen LogP contribution in [0.25, 0.3) is 0 Å². The Labute approximate surface area is 161 Å². The summed E-state index contributed by atoms with van der Waals surface area (Å²) < 4.78 is 0.890. The standard InChI is InChI=1S/C18H20BrClN4O/c19-15-4-5-17(21-11-15)22-18(25)13-24-8-6-23(7-9-24)12-14-2-1-3-16(20)10-14/h1-5,10-11H,6-9,12-13H2,(H,21,22,25). The lowest BCUT2D eigenvalue weighted by molar-refractivity contribution is -0.117. The second-order valence-electron chi connectivity index (χ2n) is 6.09. The van der Waals surface area contributed by atoms with Crippen LogP contribution >= 0.6 is 27.5 Å². The molecule has 1 aliphatic heterocycles. The maximum atomic E-state index is 12.1. The van der Waals surface area contributed by atoms with Gasteiger partial charge in [-0.15, -0.1) is 0 Å². The zero-order valence-corrected chi connectivity index (χ0v) is 16.1. The van der Waals surface area contributed by atoms with Crippen molar-refractivity contribution in [3.63, 3.8) is 0 Å². The number of amides is 1. The van der Waals surface area contributed by atoms with Gasteiger partial charge in [0, 0.05) is 48.4 Å². The highest BCUT2D eigenvalue weighted by Crippen LogP contribution is 2.14. The lowest BCUT2D eigenvalue weighted by atomic mass is 10.2. The van der Waals surface area contributed by atoms with E-state index in [1.54, 1.807) is 12.3 Å². The molecule has 1 saturated heterocycles. The molecule has 1 fully saturated rings. The van der Waals surface area contributed by atoms with Crippen LogP contribution in [-0.4, -0.2) is 53.4 Å². The quantitative estimate of drug-likeness (QED) is 0.802. The van der Waals surface area contributed by atoms with E-state index in [0.717, 1.165) is 42.2 Å². The molecule has 0 spiro atoms. The van der Waals surface area contributed by atoms with Crippen LogP contribution in [0.15, 0.2) is 47.1 Å². The largest absolute Gasteiger partial charge is 0.310 e. The van der Waals surface area contributed by atoms with E-state index in [4.69, 9.17) is 11.6 Å². The van der Waals surface area contributed by atoms with Gasteiger partial charge in [-0.05, 0) is 45.8 Å². The average Bonchev–Trinajstić information content (AvgIpc) is 2.59. The Bertz CT molecular complexity index is 717. The Morgan fingerprint density at radius 2 is 1.92 bits per heavy atom. The third-order valence-corrected chi connectivity index (χ3v) is 4.83. The number of pyridine rings is 1. The van der Waals surface area contributed by atoms with Crippen LogP contribution in [0.4, 0.5) is 5.82 Å². The molecule has 132 valence electrons. The highest BCUT2D eigenvalue weighted by atomic mass is 79.9. The minimum absolute atomic E-state index is 0.0295. The maximum Gasteiger partial charge on any atom is 0.239 e. The summed E-state index contributed by atoms with van der Waals surface area (Å²) in [6.07, 6.45) is 1.67. The van der Waals surface area contributed by atoms with Gasteiger partial charge in [0.2, 0.25) is 5.91 Å². The average molecular weight is 424 g/mol. The number of aromatic nitrogens is 1. The van der Waals surface area contributed by atoms with E-state index in [1.807, 2.05) is 24.3 Å². The Morgan fingerprint density at radius 3 is 2.60 bits per heavy atom. The van der Waals surface area contributed by atoms with Gasteiger partial charge in [-0.3, -0.25) is 14.6 Å². The van der Waals surface area contributed by atoms with Gasteiger partial charge >= 0.3 is 0 Å². The number of piperazine rings is 1. The second-order valence-corrected chi connectivity index (χ2v) is 7.44. The third-order valence-electron chi connectivity index (χ3n) is 4.12. The fourth-order valence-electron chi connectivity index (χ4n) is 2.83. The molecule has 25 heavy (non-hydrogen) atoms. The van der Waals surface area contributed by atoms with Gasteiger partial charge in [0.1, 0.15) is 5.82 Å². The van der Waals surface area contributed by atoms with E-state index < -0.39 is 0 Å². The van der Waals surface area contributed by atoms with Crippen molar-refractivity contribution >= 4 is 39.3 Å². The van der Waals surface area contributed by atoms with E-state index in [2.05, 4.69) is 42.1 Å². The fourth-order valence-corrected chi connectivity index (χ4v) is 3.28. The first-order valence-electron chi connectivity index (χ1n) is 8.19. The first kappa shape index (κ1) is 18.3. The van der Waals surface area contributed by atoms with Crippen LogP contribution in [0.2, 0.25) is 5.02 Å². The van der Waals surface area contributed by atoms with E-state index in [9.17, 15) is 4.79 Å². The van der Waals surface area contributed by atoms with Crippen molar-refractivity contribution in [2.24, 2.45) is 0 Å². The predicted octanol–water partition coefficient (Wildman–Crippen LogP) is 3.25. The summed E-state index contributed by atoms with van der Waals surface area (Å²) in [6, 6.07) is 11.6. The molecule has 1 aromatic carbocycles. The lowest BCUT2D eigenvalue weighted by Crippen LogP contribution is -2.48. The van der Waals surface area contributed by atoms with Gasteiger partial charge in [0.15, 0.2) is 0 Å². The maximum absolute atomic E-state index is 12.1. The summed E-state index contributed by atoms with van der Waals surface area (Å²) in [5.41, 5.74) is 1.22. The Hall–Kier alpha value is -1.47. The number of nitrogens with one attached hydrogen (secondary N) is 1. The molecule has 7 heteroatoms. The summed E-state index contributed by atoms with van der Waals surface area (Å²) in [6.45, 7) is 4.92. The lowest BCUT2D eigenvalue weighted by Gasteiger charge is -2.34. The van der Waals surface area contributed by atoms with E-state index in [1.165, 1.54) is 5.56 Å². The highest BCUT2D eigenvalue weighted by Gasteiger charge is 2.19. The van der Waals surface area contributed by atoms with Gasteiger partial charge in [-0.1, -0.05) is 23.7 Å². The SMILES string of the molecule is O=C(CN1CCN(Cc2cccc(Cl)c2)CC1)Nc1ccc(Br)cn1. The molecule has 2 heterocycles. The summed E-state index contributed by atoms with van der Waals surface area (Å²) in [7, 11) is 0. The van der Waals surface area contributed by atoms with Crippen molar-refractivity contribution in [3.05, 3.63) is 57.7 Å². The molecule has 0 bridgehead atoms. The minimum atomic E-state index is -0.0295. The minimum Gasteiger partial charge on any atom is -0.310 e. The second kappa shape index (κ2) is 8.76. The first-order chi connectivity index (χ1) is 12.1. The number of rotatable bonds is 5. The number of nitrogens with zero attached hydrogens (tertiary/aromatic N) is 3. The highest BCUT2D eigenvalue weighted by molar-refractivity contribution is 9.10. The molecule has 1 N–H and O–H groups in total. The van der Waals surface area contributed by atoms with Crippen molar-refractivity contribution < 1.29 is 4.79 Å². The van der Waals surface area contributed by atoms with E-state index in [0.29, 0.717) is 12.4 Å². The molecule has 2 aromatic rings. The summed E-state index contributed by atoms with van der Waals surface area (Å²) in [5.74, 6) is 0.547. The number of hydrogen-bond acceptors (Lipinski definition) is 4. The third kappa shape index (κ3) is 5.78. The summed E-state index contributed by atoms with van der Waals surface area (Å²) >= 11 is 9.37. The number of carbonyl (C=O) groups is 1. The van der Waals surface area contributed by atoms with Crippen molar-refractivity contribution in [1.29, 1.82) is 0 Å². The molecule has 0 atom stereocenters. The molecule has 1 aromatic heterocycles. The first-order valence-corrected chi connectivity index (χ1v) is 9.36. The normalized spacial score (nSPS) is 15.9. The monoisotopic (exact) mass is 422 g/mol. The molecule has 5 nitrogen and oxygen atoms in total. The zero-order chi connectivity index (χ0) is 17.6. The molecule has 0 radical (unpaired) electrons. The van der Waals surface area contributed by atoms with E-state index >= 15 is 0 Å². The van der Waals surface area contributed by atoms with Gasteiger partial charge in [-0.2, -0.15) is 0 Å².